The number of nitriles is 1. The summed E-state index contributed by atoms with van der Waals surface area (Å²) in [7, 11) is 0. The van der Waals surface area contributed by atoms with Crippen LogP contribution in [0.4, 0.5) is 19.0 Å². The number of carbonyl (C=O) groups excluding carboxylic acids is 1. The smallest absolute Gasteiger partial charge is 0.383 e. The highest BCUT2D eigenvalue weighted by molar-refractivity contribution is 5.99. The minimum atomic E-state index is -4.50. The van der Waals surface area contributed by atoms with Gasteiger partial charge in [0, 0.05) is 29.3 Å². The van der Waals surface area contributed by atoms with Gasteiger partial charge in [-0.1, -0.05) is 0 Å². The minimum absolute atomic E-state index is 0.0424. The molecular weight excluding hydrogens is 447 g/mol. The maximum Gasteiger partial charge on any atom is 0.417 e. The molecule has 2 N–H and O–H groups in total. The van der Waals surface area contributed by atoms with E-state index in [2.05, 4.69) is 16.0 Å². The van der Waals surface area contributed by atoms with E-state index in [1.54, 1.807) is 25.1 Å². The molecular formula is C24H22F3N5O2. The van der Waals surface area contributed by atoms with E-state index in [0.717, 1.165) is 28.8 Å². The second kappa shape index (κ2) is 8.91. The zero-order valence-electron chi connectivity index (χ0n) is 18.6. The average Bonchev–Trinajstić information content (AvgIpc) is 3.20. The quantitative estimate of drug-likeness (QED) is 0.584. The van der Waals surface area contributed by atoms with Crippen molar-refractivity contribution in [1.82, 2.24) is 14.9 Å². The number of benzene rings is 1. The van der Waals surface area contributed by atoms with E-state index in [4.69, 9.17) is 10.5 Å². The molecule has 0 radical (unpaired) electrons. The normalized spacial score (nSPS) is 16.2. The predicted octanol–water partition coefficient (Wildman–Crippen LogP) is 4.62. The summed E-state index contributed by atoms with van der Waals surface area (Å²) in [5.74, 6) is -0.466. The van der Waals surface area contributed by atoms with Gasteiger partial charge in [-0.15, -0.1) is 0 Å². The maximum atomic E-state index is 13.4. The van der Waals surface area contributed by atoms with E-state index in [1.807, 2.05) is 6.92 Å². The van der Waals surface area contributed by atoms with Gasteiger partial charge in [0.25, 0.3) is 5.91 Å². The van der Waals surface area contributed by atoms with E-state index in [0.29, 0.717) is 23.5 Å². The lowest BCUT2D eigenvalue weighted by Crippen LogP contribution is -2.34. The molecule has 0 saturated heterocycles. The fraction of sp³-hybridized carbons (Fsp3) is 0.333. The van der Waals surface area contributed by atoms with Crippen LogP contribution in [0.3, 0.4) is 0 Å². The van der Waals surface area contributed by atoms with Crippen molar-refractivity contribution in [3.05, 3.63) is 64.5 Å². The number of pyridine rings is 2. The fourth-order valence-electron chi connectivity index (χ4n) is 4.05. The molecule has 34 heavy (non-hydrogen) atoms. The first kappa shape index (κ1) is 23.4. The predicted molar refractivity (Wildman–Crippen MR) is 118 cm³/mol. The lowest BCUT2D eigenvalue weighted by Gasteiger charge is -2.24. The van der Waals surface area contributed by atoms with Gasteiger partial charge in [-0.25, -0.2) is 4.98 Å². The van der Waals surface area contributed by atoms with Crippen LogP contribution in [0.2, 0.25) is 0 Å². The number of alkyl halides is 3. The van der Waals surface area contributed by atoms with E-state index < -0.39 is 17.7 Å². The highest BCUT2D eigenvalue weighted by atomic mass is 19.4. The van der Waals surface area contributed by atoms with Gasteiger partial charge < -0.3 is 15.4 Å². The number of hydrogen-bond acceptors (Lipinski definition) is 6. The van der Waals surface area contributed by atoms with E-state index in [9.17, 15) is 23.2 Å². The van der Waals surface area contributed by atoms with Crippen molar-refractivity contribution >= 4 is 22.6 Å². The number of hydrogen-bond donors (Lipinski definition) is 1. The summed E-state index contributed by atoms with van der Waals surface area (Å²) < 4.78 is 44.3. The molecule has 1 aliphatic rings. The topological polar surface area (TPSA) is 105 Å². The van der Waals surface area contributed by atoms with Crippen LogP contribution in [0, 0.1) is 17.2 Å². The van der Waals surface area contributed by atoms with Crippen LogP contribution < -0.4 is 5.73 Å². The number of rotatable bonds is 5. The molecule has 3 heterocycles. The Hall–Kier alpha value is -3.71. The average molecular weight is 469 g/mol. The summed E-state index contributed by atoms with van der Waals surface area (Å²) >= 11 is 0. The van der Waals surface area contributed by atoms with Crippen LogP contribution in [-0.4, -0.2) is 27.3 Å². The third-order valence-corrected chi connectivity index (χ3v) is 5.80. The van der Waals surface area contributed by atoms with Crippen molar-refractivity contribution in [3.63, 3.8) is 0 Å². The number of nitrogen functional groups attached to an aromatic ring is 1. The van der Waals surface area contributed by atoms with Gasteiger partial charge in [0.1, 0.15) is 5.82 Å². The molecule has 1 aliphatic heterocycles. The molecule has 4 rings (SSSR count). The summed E-state index contributed by atoms with van der Waals surface area (Å²) in [4.78, 5) is 23.1. The summed E-state index contributed by atoms with van der Waals surface area (Å²) in [5.41, 5.74) is 8.18. The number of carbonyl (C=O) groups is 1. The Labute approximate surface area is 194 Å². The van der Waals surface area contributed by atoms with Crippen molar-refractivity contribution in [2.75, 3.05) is 12.3 Å². The number of nitrogens with two attached hydrogens (primary N) is 1. The Kier molecular flexibility index (Phi) is 6.15. The first-order valence-electron chi connectivity index (χ1n) is 10.6. The van der Waals surface area contributed by atoms with Gasteiger partial charge in [-0.3, -0.25) is 9.78 Å². The number of halogens is 3. The third kappa shape index (κ3) is 4.52. The number of amides is 1. The molecule has 0 fully saturated rings. The number of ether oxygens (including phenoxy) is 1. The summed E-state index contributed by atoms with van der Waals surface area (Å²) in [6.07, 6.45) is -3.97. The second-order valence-electron chi connectivity index (χ2n) is 8.33. The van der Waals surface area contributed by atoms with Gasteiger partial charge in [-0.2, -0.15) is 18.4 Å². The maximum absolute atomic E-state index is 13.4. The monoisotopic (exact) mass is 469 g/mol. The molecule has 0 saturated carbocycles. The number of fused-ring (bicyclic) bond motifs is 3. The van der Waals surface area contributed by atoms with Crippen molar-refractivity contribution in [2.24, 2.45) is 5.92 Å². The molecule has 0 aliphatic carbocycles. The van der Waals surface area contributed by atoms with Crippen LogP contribution in [0.25, 0.3) is 10.9 Å². The standard InChI is InChI=1S/C24H22F3N5O2/c1-13(8-28)10-32(11-17-5-4-16(9-30-17)24(25,26)27)23(33)15-3-6-20-18(7-15)19-12-34-14(2)21(19)22(29)31-20/h3-7,9,13-14H,10-12H2,1-2H3,(H2,29,31)/t13?,14-/m1/s1. The van der Waals surface area contributed by atoms with Crippen molar-refractivity contribution in [3.8, 4) is 6.07 Å². The largest absolute Gasteiger partial charge is 0.417 e. The Morgan fingerprint density at radius 2 is 2.12 bits per heavy atom. The highest BCUT2D eigenvalue weighted by Gasteiger charge is 2.31. The van der Waals surface area contributed by atoms with Crippen molar-refractivity contribution < 1.29 is 22.7 Å². The van der Waals surface area contributed by atoms with Gasteiger partial charge >= 0.3 is 6.18 Å². The van der Waals surface area contributed by atoms with Crippen LogP contribution in [-0.2, 0) is 24.1 Å². The summed E-state index contributed by atoms with van der Waals surface area (Å²) in [6, 6.07) is 9.28. The Bertz CT molecular complexity index is 1280. The third-order valence-electron chi connectivity index (χ3n) is 5.80. The summed E-state index contributed by atoms with van der Waals surface area (Å²) in [6.45, 7) is 3.95. The number of anilines is 1. The Morgan fingerprint density at radius 1 is 1.35 bits per heavy atom. The SMILES string of the molecule is CC(C#N)CN(Cc1ccc(C(F)(F)F)cn1)C(=O)c1ccc2nc(N)c3c(c2c1)CO[C@@H]3C. The molecule has 1 amide bonds. The number of nitrogens with zero attached hydrogens (tertiary/aromatic N) is 4. The molecule has 2 aromatic heterocycles. The van der Waals surface area contributed by atoms with Crippen LogP contribution in [0.5, 0.6) is 0 Å². The molecule has 10 heteroatoms. The lowest BCUT2D eigenvalue weighted by atomic mass is 10.00. The van der Waals surface area contributed by atoms with Crippen LogP contribution >= 0.6 is 0 Å². The fourth-order valence-corrected chi connectivity index (χ4v) is 4.05. The Balaban J connectivity index is 1.67. The van der Waals surface area contributed by atoms with Gasteiger partial charge in [0.05, 0.1) is 48.0 Å². The molecule has 0 bridgehead atoms. The molecule has 7 nitrogen and oxygen atoms in total. The molecule has 176 valence electrons. The first-order chi connectivity index (χ1) is 16.1. The zero-order valence-corrected chi connectivity index (χ0v) is 18.6. The van der Waals surface area contributed by atoms with Crippen molar-refractivity contribution in [2.45, 2.75) is 39.3 Å². The van der Waals surface area contributed by atoms with Gasteiger partial charge in [0.2, 0.25) is 0 Å². The zero-order chi connectivity index (χ0) is 24.6. The molecule has 3 aromatic rings. The molecule has 0 spiro atoms. The van der Waals surface area contributed by atoms with Crippen molar-refractivity contribution in [1.29, 1.82) is 5.26 Å². The molecule has 1 unspecified atom stereocenters. The Morgan fingerprint density at radius 3 is 2.76 bits per heavy atom. The van der Waals surface area contributed by atoms with Gasteiger partial charge in [-0.05, 0) is 49.7 Å². The lowest BCUT2D eigenvalue weighted by molar-refractivity contribution is -0.137. The van der Waals surface area contributed by atoms with E-state index in [-0.39, 0.29) is 30.8 Å². The number of aromatic nitrogens is 2. The highest BCUT2D eigenvalue weighted by Crippen LogP contribution is 2.38. The second-order valence-corrected chi connectivity index (χ2v) is 8.33. The minimum Gasteiger partial charge on any atom is -0.383 e. The van der Waals surface area contributed by atoms with Crippen LogP contribution in [0.15, 0.2) is 36.5 Å². The van der Waals surface area contributed by atoms with E-state index in [1.165, 1.54) is 11.0 Å². The molecule has 2 atom stereocenters. The van der Waals surface area contributed by atoms with E-state index >= 15 is 0 Å². The van der Waals surface area contributed by atoms with Crippen LogP contribution in [0.1, 0.15) is 52.7 Å². The van der Waals surface area contributed by atoms with Gasteiger partial charge in [0.15, 0.2) is 0 Å². The first-order valence-corrected chi connectivity index (χ1v) is 10.6. The molecule has 1 aromatic carbocycles. The summed E-state index contributed by atoms with van der Waals surface area (Å²) in [5, 5.41) is 10.0.